The Morgan fingerprint density at radius 1 is 1.15 bits per heavy atom. The summed E-state index contributed by atoms with van der Waals surface area (Å²) in [7, 11) is 3.43. The number of anilines is 1. The number of nitrogens with one attached hydrogen (secondary N) is 1. The number of thioether (sulfide) groups is 1. The lowest BCUT2D eigenvalue weighted by atomic mass is 10.2. The molecule has 1 aromatic heterocycles. The number of benzene rings is 1. The summed E-state index contributed by atoms with van der Waals surface area (Å²) in [5.41, 5.74) is 1.27. The first-order chi connectivity index (χ1) is 13.0. The maximum absolute atomic E-state index is 12.3. The molecule has 2 aliphatic rings. The van der Waals surface area contributed by atoms with Crippen molar-refractivity contribution in [3.63, 3.8) is 0 Å². The number of amides is 2. The third-order valence-electron chi connectivity index (χ3n) is 4.70. The van der Waals surface area contributed by atoms with Gasteiger partial charge < -0.3 is 14.8 Å². The van der Waals surface area contributed by atoms with Crippen molar-refractivity contribution in [1.82, 2.24) is 19.7 Å². The molecule has 2 amide bonds. The number of aromatic nitrogens is 3. The Morgan fingerprint density at radius 3 is 2.44 bits per heavy atom. The van der Waals surface area contributed by atoms with Gasteiger partial charge in [0.05, 0.1) is 5.75 Å². The first-order valence-electron chi connectivity index (χ1n) is 9.22. The summed E-state index contributed by atoms with van der Waals surface area (Å²) < 4.78 is 2.25. The highest BCUT2D eigenvalue weighted by Gasteiger charge is 2.36. The van der Waals surface area contributed by atoms with Crippen molar-refractivity contribution in [3.05, 3.63) is 35.7 Å². The minimum Gasteiger partial charge on any atom is -0.345 e. The second-order valence-electron chi connectivity index (χ2n) is 7.33. The smallest absolute Gasteiger partial charge is 0.253 e. The zero-order valence-corrected chi connectivity index (χ0v) is 16.3. The second-order valence-corrected chi connectivity index (χ2v) is 8.27. The van der Waals surface area contributed by atoms with E-state index in [-0.39, 0.29) is 17.6 Å². The van der Waals surface area contributed by atoms with Crippen LogP contribution in [-0.4, -0.2) is 51.3 Å². The number of carbonyl (C=O) groups is 2. The quantitative estimate of drug-likeness (QED) is 0.741. The number of rotatable bonds is 7. The molecule has 8 heteroatoms. The van der Waals surface area contributed by atoms with Crippen molar-refractivity contribution in [2.24, 2.45) is 0 Å². The molecule has 1 N–H and O–H groups in total. The van der Waals surface area contributed by atoms with Crippen LogP contribution in [0, 0.1) is 0 Å². The normalized spacial score (nSPS) is 16.2. The van der Waals surface area contributed by atoms with Gasteiger partial charge in [0, 0.05) is 37.3 Å². The molecule has 1 heterocycles. The number of carbonyl (C=O) groups excluding carboxylic acids is 2. The molecule has 0 saturated heterocycles. The van der Waals surface area contributed by atoms with E-state index in [4.69, 9.17) is 0 Å². The van der Waals surface area contributed by atoms with Crippen LogP contribution >= 0.6 is 11.8 Å². The molecule has 0 unspecified atom stereocenters. The third kappa shape index (κ3) is 4.16. The lowest BCUT2D eigenvalue weighted by Gasteiger charge is -2.11. The predicted molar refractivity (Wildman–Crippen MR) is 104 cm³/mol. The molecule has 2 fully saturated rings. The minimum absolute atomic E-state index is 0.0608. The Bertz CT molecular complexity index is 853. The van der Waals surface area contributed by atoms with E-state index in [9.17, 15) is 9.59 Å². The predicted octanol–water partition coefficient (Wildman–Crippen LogP) is 2.92. The van der Waals surface area contributed by atoms with Gasteiger partial charge in [-0.2, -0.15) is 0 Å². The van der Waals surface area contributed by atoms with Gasteiger partial charge in [-0.1, -0.05) is 11.8 Å². The molecule has 2 aliphatic carbocycles. The Hall–Kier alpha value is -2.35. The molecule has 7 nitrogen and oxygen atoms in total. The number of hydrogen-bond acceptors (Lipinski definition) is 5. The summed E-state index contributed by atoms with van der Waals surface area (Å²) in [6.45, 7) is 0. The zero-order chi connectivity index (χ0) is 19.0. The van der Waals surface area contributed by atoms with Crippen LogP contribution in [0.1, 0.15) is 53.8 Å². The Morgan fingerprint density at radius 2 is 1.85 bits per heavy atom. The van der Waals surface area contributed by atoms with Crippen LogP contribution in [0.3, 0.4) is 0 Å². The summed E-state index contributed by atoms with van der Waals surface area (Å²) in [4.78, 5) is 25.7. The number of nitrogens with zero attached hydrogens (tertiary/aromatic N) is 4. The van der Waals surface area contributed by atoms with Crippen molar-refractivity contribution in [1.29, 1.82) is 0 Å². The summed E-state index contributed by atoms with van der Waals surface area (Å²) in [6, 6.07) is 7.45. The highest BCUT2D eigenvalue weighted by atomic mass is 32.2. The van der Waals surface area contributed by atoms with E-state index >= 15 is 0 Å². The van der Waals surface area contributed by atoms with E-state index in [1.807, 2.05) is 0 Å². The van der Waals surface area contributed by atoms with Gasteiger partial charge in [0.25, 0.3) is 5.91 Å². The standard InChI is InChI=1S/C19H23N5O2S/c1-23(2)18(26)13-5-7-14(8-6-13)20-16(25)11-27-19-22-21-17(12-3-4-12)24(19)15-9-10-15/h5-8,12,15H,3-4,9-11H2,1-2H3,(H,20,25). The molecule has 0 spiro atoms. The summed E-state index contributed by atoms with van der Waals surface area (Å²) in [6.07, 6.45) is 4.75. The summed E-state index contributed by atoms with van der Waals surface area (Å²) in [5.74, 6) is 1.79. The van der Waals surface area contributed by atoms with Gasteiger partial charge in [-0.15, -0.1) is 10.2 Å². The Kier molecular flexibility index (Phi) is 4.90. The van der Waals surface area contributed by atoms with Crippen molar-refractivity contribution in [3.8, 4) is 0 Å². The summed E-state index contributed by atoms with van der Waals surface area (Å²) in [5, 5.41) is 12.4. The molecule has 0 aliphatic heterocycles. The van der Waals surface area contributed by atoms with Crippen molar-refractivity contribution < 1.29 is 9.59 Å². The van der Waals surface area contributed by atoms with Gasteiger partial charge in [0.2, 0.25) is 5.91 Å². The van der Waals surface area contributed by atoms with Gasteiger partial charge in [-0.25, -0.2) is 0 Å². The third-order valence-corrected chi connectivity index (χ3v) is 5.64. The molecule has 142 valence electrons. The van der Waals surface area contributed by atoms with Gasteiger partial charge in [0.15, 0.2) is 5.16 Å². The first kappa shape index (κ1) is 18.0. The topological polar surface area (TPSA) is 80.1 Å². The lowest BCUT2D eigenvalue weighted by molar-refractivity contribution is -0.113. The van der Waals surface area contributed by atoms with Gasteiger partial charge >= 0.3 is 0 Å². The summed E-state index contributed by atoms with van der Waals surface area (Å²) >= 11 is 1.44. The highest BCUT2D eigenvalue weighted by Crippen LogP contribution is 2.45. The van der Waals surface area contributed by atoms with Crippen LogP contribution in [0.15, 0.2) is 29.4 Å². The van der Waals surface area contributed by atoms with E-state index in [2.05, 4.69) is 20.1 Å². The number of hydrogen-bond donors (Lipinski definition) is 1. The molecule has 2 saturated carbocycles. The zero-order valence-electron chi connectivity index (χ0n) is 15.5. The SMILES string of the molecule is CN(C)C(=O)c1ccc(NC(=O)CSc2nnc(C3CC3)n2C2CC2)cc1. The Labute approximate surface area is 162 Å². The molecule has 0 atom stereocenters. The monoisotopic (exact) mass is 385 g/mol. The van der Waals surface area contributed by atoms with Gasteiger partial charge in [-0.05, 0) is 49.9 Å². The minimum atomic E-state index is -0.0926. The molecule has 0 bridgehead atoms. The lowest BCUT2D eigenvalue weighted by Crippen LogP contribution is -2.21. The van der Waals surface area contributed by atoms with E-state index in [1.54, 1.807) is 38.4 Å². The van der Waals surface area contributed by atoms with Crippen LogP contribution in [0.4, 0.5) is 5.69 Å². The molecule has 27 heavy (non-hydrogen) atoms. The fourth-order valence-electron chi connectivity index (χ4n) is 2.96. The first-order valence-corrected chi connectivity index (χ1v) is 10.2. The van der Waals surface area contributed by atoms with Crippen LogP contribution in [-0.2, 0) is 4.79 Å². The fourth-order valence-corrected chi connectivity index (χ4v) is 3.78. The molecule has 1 aromatic carbocycles. The maximum Gasteiger partial charge on any atom is 0.253 e. The van der Waals surface area contributed by atoms with E-state index in [0.717, 1.165) is 11.0 Å². The van der Waals surface area contributed by atoms with Crippen LogP contribution < -0.4 is 5.32 Å². The van der Waals surface area contributed by atoms with E-state index in [0.29, 0.717) is 23.2 Å². The molecular formula is C19H23N5O2S. The molecular weight excluding hydrogens is 362 g/mol. The largest absolute Gasteiger partial charge is 0.345 e. The van der Waals surface area contributed by atoms with Crippen LogP contribution in [0.2, 0.25) is 0 Å². The molecule has 0 radical (unpaired) electrons. The van der Waals surface area contributed by atoms with Crippen molar-refractivity contribution in [2.45, 2.75) is 42.8 Å². The average molecular weight is 385 g/mol. The van der Waals surface area contributed by atoms with E-state index < -0.39 is 0 Å². The van der Waals surface area contributed by atoms with Crippen LogP contribution in [0.5, 0.6) is 0 Å². The fraction of sp³-hybridized carbons (Fsp3) is 0.474. The van der Waals surface area contributed by atoms with Crippen LogP contribution in [0.25, 0.3) is 0 Å². The van der Waals surface area contributed by atoms with Crippen molar-refractivity contribution >= 4 is 29.3 Å². The average Bonchev–Trinajstić information content (AvgIpc) is 3.58. The highest BCUT2D eigenvalue weighted by molar-refractivity contribution is 7.99. The van der Waals surface area contributed by atoms with Gasteiger partial charge in [-0.3, -0.25) is 9.59 Å². The van der Waals surface area contributed by atoms with Gasteiger partial charge in [0.1, 0.15) is 5.82 Å². The molecule has 2 aromatic rings. The molecule has 4 rings (SSSR count). The van der Waals surface area contributed by atoms with Crippen molar-refractivity contribution in [2.75, 3.05) is 25.2 Å². The maximum atomic E-state index is 12.3. The second kappa shape index (κ2) is 7.34. The Balaban J connectivity index is 1.34. The van der Waals surface area contributed by atoms with E-state index in [1.165, 1.54) is 42.3 Å².